The molecule has 2 aromatic rings. The molecule has 4 heteroatoms. The summed E-state index contributed by atoms with van der Waals surface area (Å²) in [5.41, 5.74) is 0.993. The van der Waals surface area contributed by atoms with E-state index in [2.05, 4.69) is 4.98 Å². The number of benzene rings is 1. The molecule has 0 atom stereocenters. The fraction of sp³-hybridized carbons (Fsp3) is 0.300. The minimum absolute atomic E-state index is 0.684. The van der Waals surface area contributed by atoms with E-state index < -0.39 is 0 Å². The number of hydrogen-bond acceptors (Lipinski definition) is 2. The molecule has 0 saturated carbocycles. The van der Waals surface area contributed by atoms with E-state index in [1.54, 1.807) is 11.3 Å². The molecule has 1 heterocycles. The number of thiazole rings is 1. The molecule has 74 valence electrons. The van der Waals surface area contributed by atoms with Crippen molar-refractivity contribution < 1.29 is 0 Å². The van der Waals surface area contributed by atoms with E-state index in [0.717, 1.165) is 33.1 Å². The van der Waals surface area contributed by atoms with E-state index in [0.29, 0.717) is 5.88 Å². The number of aryl methyl sites for hydroxylation is 1. The van der Waals surface area contributed by atoms with Crippen LogP contribution in [0.3, 0.4) is 0 Å². The Balaban J connectivity index is 2.36. The molecule has 0 aliphatic heterocycles. The smallest absolute Gasteiger partial charge is 0.0939 e. The first-order valence-corrected chi connectivity index (χ1v) is 6.14. The SMILES string of the molecule is ClCCCc1nc2cccc(Cl)c2s1. The van der Waals surface area contributed by atoms with Gasteiger partial charge in [0, 0.05) is 12.3 Å². The zero-order chi connectivity index (χ0) is 9.97. The highest BCUT2D eigenvalue weighted by Gasteiger charge is 2.05. The molecule has 14 heavy (non-hydrogen) atoms. The van der Waals surface area contributed by atoms with Crippen LogP contribution in [0.15, 0.2) is 18.2 Å². The minimum atomic E-state index is 0.684. The van der Waals surface area contributed by atoms with Gasteiger partial charge >= 0.3 is 0 Å². The standard InChI is InChI=1S/C10H9Cl2NS/c11-6-2-5-9-13-8-4-1-3-7(12)10(8)14-9/h1,3-4H,2,5-6H2. The van der Waals surface area contributed by atoms with Crippen molar-refractivity contribution in [1.29, 1.82) is 0 Å². The summed E-state index contributed by atoms with van der Waals surface area (Å²) >= 11 is 13.3. The van der Waals surface area contributed by atoms with Gasteiger partial charge in [-0.05, 0) is 18.6 Å². The van der Waals surface area contributed by atoms with Crippen LogP contribution < -0.4 is 0 Å². The second kappa shape index (κ2) is 4.47. The lowest BCUT2D eigenvalue weighted by Gasteiger charge is -1.88. The van der Waals surface area contributed by atoms with Gasteiger partial charge in [-0.3, -0.25) is 0 Å². The van der Waals surface area contributed by atoms with Crippen LogP contribution in [0.2, 0.25) is 5.02 Å². The van der Waals surface area contributed by atoms with E-state index in [1.165, 1.54) is 0 Å². The van der Waals surface area contributed by atoms with Gasteiger partial charge in [0.15, 0.2) is 0 Å². The summed E-state index contributed by atoms with van der Waals surface area (Å²) in [5.74, 6) is 0.684. The first kappa shape index (κ1) is 10.2. The average molecular weight is 246 g/mol. The van der Waals surface area contributed by atoms with Gasteiger partial charge < -0.3 is 0 Å². The third-order valence-corrected chi connectivity index (χ3v) is 3.79. The predicted molar refractivity (Wildman–Crippen MR) is 63.7 cm³/mol. The Labute approximate surface area is 96.7 Å². The molecule has 0 spiro atoms. The molecule has 2 rings (SSSR count). The van der Waals surface area contributed by atoms with E-state index >= 15 is 0 Å². The predicted octanol–water partition coefficient (Wildman–Crippen LogP) is 4.12. The molecule has 0 fully saturated rings. The van der Waals surface area contributed by atoms with E-state index in [-0.39, 0.29) is 0 Å². The van der Waals surface area contributed by atoms with Crippen molar-refractivity contribution in [3.05, 3.63) is 28.2 Å². The molecule has 0 bridgehead atoms. The summed E-state index contributed by atoms with van der Waals surface area (Å²) in [6.07, 6.45) is 1.91. The lowest BCUT2D eigenvalue weighted by atomic mass is 10.3. The maximum atomic E-state index is 6.05. The van der Waals surface area contributed by atoms with Crippen molar-refractivity contribution in [2.75, 3.05) is 5.88 Å². The molecule has 0 aliphatic rings. The van der Waals surface area contributed by atoms with Crippen LogP contribution in [-0.4, -0.2) is 10.9 Å². The molecular weight excluding hydrogens is 237 g/mol. The highest BCUT2D eigenvalue weighted by atomic mass is 35.5. The number of halogens is 2. The van der Waals surface area contributed by atoms with Crippen LogP contribution in [-0.2, 0) is 6.42 Å². The highest BCUT2D eigenvalue weighted by Crippen LogP contribution is 2.29. The van der Waals surface area contributed by atoms with Crippen molar-refractivity contribution in [2.24, 2.45) is 0 Å². The first-order chi connectivity index (χ1) is 6.81. The van der Waals surface area contributed by atoms with Crippen LogP contribution in [0.1, 0.15) is 11.4 Å². The monoisotopic (exact) mass is 245 g/mol. The van der Waals surface area contributed by atoms with Crippen LogP contribution in [0.4, 0.5) is 0 Å². The van der Waals surface area contributed by atoms with Crippen LogP contribution in [0, 0.1) is 0 Å². The number of aromatic nitrogens is 1. The zero-order valence-electron chi connectivity index (χ0n) is 7.46. The van der Waals surface area contributed by atoms with E-state index in [9.17, 15) is 0 Å². The summed E-state index contributed by atoms with van der Waals surface area (Å²) in [6, 6.07) is 5.81. The molecular formula is C10H9Cl2NS. The molecule has 0 saturated heterocycles. The summed E-state index contributed by atoms with van der Waals surface area (Å²) in [7, 11) is 0. The van der Waals surface area contributed by atoms with Gasteiger partial charge in [-0.25, -0.2) is 4.98 Å². The normalized spacial score (nSPS) is 11.0. The molecule has 1 aromatic heterocycles. The fourth-order valence-electron chi connectivity index (χ4n) is 1.29. The molecule has 1 nitrogen and oxygen atoms in total. The topological polar surface area (TPSA) is 12.9 Å². The highest BCUT2D eigenvalue weighted by molar-refractivity contribution is 7.19. The maximum Gasteiger partial charge on any atom is 0.0939 e. The van der Waals surface area contributed by atoms with Crippen LogP contribution in [0.5, 0.6) is 0 Å². The van der Waals surface area contributed by atoms with Crippen molar-refractivity contribution >= 4 is 44.8 Å². The van der Waals surface area contributed by atoms with E-state index in [4.69, 9.17) is 23.2 Å². The number of fused-ring (bicyclic) bond motifs is 1. The van der Waals surface area contributed by atoms with Gasteiger partial charge in [0.25, 0.3) is 0 Å². The third-order valence-electron chi connectivity index (χ3n) is 1.94. The van der Waals surface area contributed by atoms with E-state index in [1.807, 2.05) is 18.2 Å². The molecule has 0 N–H and O–H groups in total. The van der Waals surface area contributed by atoms with Gasteiger partial charge in [0.2, 0.25) is 0 Å². The first-order valence-electron chi connectivity index (χ1n) is 4.41. The Morgan fingerprint density at radius 2 is 2.21 bits per heavy atom. The summed E-state index contributed by atoms with van der Waals surface area (Å²) in [5, 5.41) is 1.91. The molecule has 0 unspecified atom stereocenters. The Bertz CT molecular complexity index is 439. The maximum absolute atomic E-state index is 6.05. The number of rotatable bonds is 3. The lowest BCUT2D eigenvalue weighted by molar-refractivity contribution is 0.919. The number of alkyl halides is 1. The van der Waals surface area contributed by atoms with Gasteiger partial charge in [0.05, 0.1) is 20.2 Å². The number of hydrogen-bond donors (Lipinski definition) is 0. The molecule has 0 amide bonds. The fourth-order valence-corrected chi connectivity index (χ4v) is 2.72. The minimum Gasteiger partial charge on any atom is -0.241 e. The van der Waals surface area contributed by atoms with Crippen LogP contribution >= 0.6 is 34.5 Å². The van der Waals surface area contributed by atoms with Gasteiger partial charge in [-0.1, -0.05) is 17.7 Å². The summed E-state index contributed by atoms with van der Waals surface area (Å²) in [4.78, 5) is 4.49. The summed E-state index contributed by atoms with van der Waals surface area (Å²) in [6.45, 7) is 0. The zero-order valence-corrected chi connectivity index (χ0v) is 9.79. The average Bonchev–Trinajstić information content (AvgIpc) is 2.59. The third kappa shape index (κ3) is 2.02. The molecule has 0 aliphatic carbocycles. The van der Waals surface area contributed by atoms with Crippen molar-refractivity contribution in [3.8, 4) is 0 Å². The molecule has 0 radical (unpaired) electrons. The van der Waals surface area contributed by atoms with Crippen molar-refractivity contribution in [3.63, 3.8) is 0 Å². The largest absolute Gasteiger partial charge is 0.241 e. The van der Waals surface area contributed by atoms with Gasteiger partial charge in [-0.2, -0.15) is 0 Å². The van der Waals surface area contributed by atoms with Crippen LogP contribution in [0.25, 0.3) is 10.2 Å². The Hall–Kier alpha value is -0.310. The lowest BCUT2D eigenvalue weighted by Crippen LogP contribution is -1.83. The van der Waals surface area contributed by atoms with Crippen molar-refractivity contribution in [2.45, 2.75) is 12.8 Å². The Kier molecular flexibility index (Phi) is 3.26. The second-order valence-electron chi connectivity index (χ2n) is 2.99. The van der Waals surface area contributed by atoms with Gasteiger partial charge in [0.1, 0.15) is 0 Å². The second-order valence-corrected chi connectivity index (χ2v) is 4.86. The Morgan fingerprint density at radius 3 is 2.93 bits per heavy atom. The summed E-state index contributed by atoms with van der Waals surface area (Å²) < 4.78 is 1.08. The molecule has 1 aromatic carbocycles. The van der Waals surface area contributed by atoms with Crippen molar-refractivity contribution in [1.82, 2.24) is 4.98 Å². The number of nitrogens with zero attached hydrogens (tertiary/aromatic N) is 1. The quantitative estimate of drug-likeness (QED) is 0.742. The van der Waals surface area contributed by atoms with Gasteiger partial charge in [-0.15, -0.1) is 22.9 Å². The Morgan fingerprint density at radius 1 is 1.36 bits per heavy atom.